The molecule has 2 rings (SSSR count). The average molecular weight is 327 g/mol. The number of ether oxygens (including phenoxy) is 1. The molecule has 1 heterocycles. The van der Waals surface area contributed by atoms with Crippen molar-refractivity contribution in [3.8, 4) is 5.75 Å². The van der Waals surface area contributed by atoms with Crippen LogP contribution in [0, 0.1) is 0 Å². The fraction of sp³-hybridized carbons (Fsp3) is 0.0833. The lowest BCUT2D eigenvalue weighted by molar-refractivity contribution is 0.309. The van der Waals surface area contributed by atoms with E-state index in [9.17, 15) is 0 Å². The summed E-state index contributed by atoms with van der Waals surface area (Å²) in [6.45, 7) is 0.496. The molecule has 2 aromatic rings. The Hall–Kier alpha value is -1.53. The van der Waals surface area contributed by atoms with E-state index in [1.54, 1.807) is 29.5 Å². The minimum absolute atomic E-state index is 0.0688. The fourth-order valence-corrected chi connectivity index (χ4v) is 2.78. The smallest absolute Gasteiger partial charge is 0.170 e. The minimum Gasteiger partial charge on any atom is -0.488 e. The van der Waals surface area contributed by atoms with Gasteiger partial charge < -0.3 is 15.7 Å². The number of hydrogen-bond acceptors (Lipinski definition) is 4. The molecule has 0 unspecified atom stereocenters. The summed E-state index contributed by atoms with van der Waals surface area (Å²) in [5, 5.41) is 11.6. The van der Waals surface area contributed by atoms with Gasteiger partial charge in [0.15, 0.2) is 5.84 Å². The van der Waals surface area contributed by atoms with Crippen LogP contribution in [0.25, 0.3) is 0 Å². The highest BCUT2D eigenvalue weighted by Gasteiger charge is 2.03. The third kappa shape index (κ3) is 3.24. The van der Waals surface area contributed by atoms with E-state index in [1.165, 1.54) is 0 Å². The summed E-state index contributed by atoms with van der Waals surface area (Å²) in [5.41, 5.74) is 6.14. The molecule has 18 heavy (non-hydrogen) atoms. The molecule has 0 aliphatic carbocycles. The van der Waals surface area contributed by atoms with Gasteiger partial charge in [0.05, 0.1) is 3.79 Å². The molecule has 0 spiro atoms. The highest BCUT2D eigenvalue weighted by molar-refractivity contribution is 9.11. The lowest BCUT2D eigenvalue weighted by atomic mass is 10.2. The van der Waals surface area contributed by atoms with Crippen molar-refractivity contribution < 1.29 is 9.94 Å². The molecule has 3 N–H and O–H groups in total. The topological polar surface area (TPSA) is 67.8 Å². The molecule has 0 radical (unpaired) electrons. The first-order chi connectivity index (χ1) is 8.69. The quantitative estimate of drug-likeness (QED) is 0.392. The molecule has 1 aromatic heterocycles. The van der Waals surface area contributed by atoms with Crippen LogP contribution >= 0.6 is 27.3 Å². The van der Waals surface area contributed by atoms with Gasteiger partial charge in [-0.15, -0.1) is 11.3 Å². The van der Waals surface area contributed by atoms with E-state index in [4.69, 9.17) is 15.7 Å². The van der Waals surface area contributed by atoms with Crippen molar-refractivity contribution in [1.29, 1.82) is 0 Å². The molecule has 6 heteroatoms. The number of thiophene rings is 1. The SMILES string of the molecule is N/C(=N\O)c1cccc(OCc2ccc(Br)s2)c1. The summed E-state index contributed by atoms with van der Waals surface area (Å²) < 4.78 is 6.71. The van der Waals surface area contributed by atoms with Gasteiger partial charge in [0, 0.05) is 10.4 Å². The second-order valence-electron chi connectivity index (χ2n) is 3.51. The zero-order valence-electron chi connectivity index (χ0n) is 9.34. The van der Waals surface area contributed by atoms with Gasteiger partial charge in [-0.3, -0.25) is 0 Å². The average Bonchev–Trinajstić information content (AvgIpc) is 2.81. The molecular weight excluding hydrogens is 316 g/mol. The number of nitrogens with zero attached hydrogens (tertiary/aromatic N) is 1. The highest BCUT2D eigenvalue weighted by atomic mass is 79.9. The van der Waals surface area contributed by atoms with E-state index in [0.717, 1.165) is 8.66 Å². The number of benzene rings is 1. The second kappa shape index (κ2) is 5.88. The fourth-order valence-electron chi connectivity index (χ4n) is 1.39. The second-order valence-corrected chi connectivity index (χ2v) is 6.06. The first kappa shape index (κ1) is 12.9. The highest BCUT2D eigenvalue weighted by Crippen LogP contribution is 2.23. The first-order valence-corrected chi connectivity index (χ1v) is 6.75. The summed E-state index contributed by atoms with van der Waals surface area (Å²) in [4.78, 5) is 1.12. The maximum atomic E-state index is 8.61. The lowest BCUT2D eigenvalue weighted by Gasteiger charge is -2.06. The van der Waals surface area contributed by atoms with Gasteiger partial charge in [-0.05, 0) is 40.2 Å². The molecule has 0 atom stereocenters. The van der Waals surface area contributed by atoms with Crippen LogP contribution in [0.4, 0.5) is 0 Å². The number of nitrogens with two attached hydrogens (primary N) is 1. The van der Waals surface area contributed by atoms with Crippen LogP contribution in [-0.4, -0.2) is 11.0 Å². The van der Waals surface area contributed by atoms with Gasteiger partial charge in [-0.25, -0.2) is 0 Å². The summed E-state index contributed by atoms with van der Waals surface area (Å²) in [7, 11) is 0. The molecule has 1 aromatic carbocycles. The summed E-state index contributed by atoms with van der Waals surface area (Å²) in [5.74, 6) is 0.753. The maximum Gasteiger partial charge on any atom is 0.170 e. The molecular formula is C12H11BrN2O2S. The molecule has 0 aliphatic heterocycles. The Labute approximate surface area is 117 Å². The number of hydrogen-bond donors (Lipinski definition) is 2. The third-order valence-electron chi connectivity index (χ3n) is 2.25. The largest absolute Gasteiger partial charge is 0.488 e. The monoisotopic (exact) mass is 326 g/mol. The molecule has 4 nitrogen and oxygen atoms in total. The normalized spacial score (nSPS) is 11.5. The predicted molar refractivity (Wildman–Crippen MR) is 75.3 cm³/mol. The van der Waals surface area contributed by atoms with Gasteiger partial charge in [-0.1, -0.05) is 17.3 Å². The van der Waals surface area contributed by atoms with E-state index in [0.29, 0.717) is 17.9 Å². The standard InChI is InChI=1S/C12H11BrN2O2S/c13-11-5-4-10(18-11)7-17-9-3-1-2-8(6-9)12(14)15-16/h1-6,16H,7H2,(H2,14,15). The van der Waals surface area contributed by atoms with E-state index in [1.807, 2.05) is 18.2 Å². The Kier molecular flexibility index (Phi) is 4.22. The van der Waals surface area contributed by atoms with E-state index >= 15 is 0 Å². The predicted octanol–water partition coefficient (Wildman–Crippen LogP) is 3.18. The summed E-state index contributed by atoms with van der Waals surface area (Å²) in [6, 6.07) is 11.1. The minimum atomic E-state index is 0.0688. The zero-order chi connectivity index (χ0) is 13.0. The van der Waals surface area contributed by atoms with Gasteiger partial charge in [0.1, 0.15) is 12.4 Å². The van der Waals surface area contributed by atoms with Crippen LogP contribution in [0.3, 0.4) is 0 Å². The van der Waals surface area contributed by atoms with Crippen molar-refractivity contribution in [2.24, 2.45) is 10.9 Å². The number of amidine groups is 1. The summed E-state index contributed by atoms with van der Waals surface area (Å²) >= 11 is 5.03. The molecule has 0 bridgehead atoms. The van der Waals surface area contributed by atoms with Gasteiger partial charge in [-0.2, -0.15) is 0 Å². The Morgan fingerprint density at radius 3 is 2.89 bits per heavy atom. The van der Waals surface area contributed by atoms with Crippen molar-refractivity contribution in [3.63, 3.8) is 0 Å². The van der Waals surface area contributed by atoms with E-state index in [2.05, 4.69) is 21.1 Å². The van der Waals surface area contributed by atoms with E-state index < -0.39 is 0 Å². The Balaban J connectivity index is 2.05. The molecule has 0 saturated heterocycles. The van der Waals surface area contributed by atoms with Crippen molar-refractivity contribution in [1.82, 2.24) is 0 Å². The molecule has 0 aliphatic rings. The Morgan fingerprint density at radius 2 is 2.22 bits per heavy atom. The molecule has 94 valence electrons. The Morgan fingerprint density at radius 1 is 1.39 bits per heavy atom. The number of halogens is 1. The van der Waals surface area contributed by atoms with Crippen LogP contribution in [0.15, 0.2) is 45.3 Å². The van der Waals surface area contributed by atoms with Gasteiger partial charge >= 0.3 is 0 Å². The van der Waals surface area contributed by atoms with Crippen molar-refractivity contribution in [2.75, 3.05) is 0 Å². The van der Waals surface area contributed by atoms with Crippen LogP contribution < -0.4 is 10.5 Å². The first-order valence-electron chi connectivity index (χ1n) is 5.14. The van der Waals surface area contributed by atoms with Crippen LogP contribution in [-0.2, 0) is 6.61 Å². The number of oxime groups is 1. The van der Waals surface area contributed by atoms with Crippen molar-refractivity contribution in [3.05, 3.63) is 50.6 Å². The molecule has 0 amide bonds. The summed E-state index contributed by atoms with van der Waals surface area (Å²) in [6.07, 6.45) is 0. The van der Waals surface area contributed by atoms with Gasteiger partial charge in [0.25, 0.3) is 0 Å². The van der Waals surface area contributed by atoms with Crippen molar-refractivity contribution in [2.45, 2.75) is 6.61 Å². The number of rotatable bonds is 4. The zero-order valence-corrected chi connectivity index (χ0v) is 11.7. The van der Waals surface area contributed by atoms with Crippen LogP contribution in [0.2, 0.25) is 0 Å². The Bertz CT molecular complexity index is 569. The lowest BCUT2D eigenvalue weighted by Crippen LogP contribution is -2.12. The van der Waals surface area contributed by atoms with Crippen LogP contribution in [0.1, 0.15) is 10.4 Å². The van der Waals surface area contributed by atoms with E-state index in [-0.39, 0.29) is 5.84 Å². The third-order valence-corrected chi connectivity index (χ3v) is 3.84. The van der Waals surface area contributed by atoms with Gasteiger partial charge in [0.2, 0.25) is 0 Å². The van der Waals surface area contributed by atoms with Crippen molar-refractivity contribution >= 4 is 33.1 Å². The maximum absolute atomic E-state index is 8.61. The van der Waals surface area contributed by atoms with Crippen LogP contribution in [0.5, 0.6) is 5.75 Å². The molecule has 0 saturated carbocycles. The molecule has 0 fully saturated rings.